The molecule has 1 saturated carbocycles. The van der Waals surface area contributed by atoms with Gasteiger partial charge in [0.25, 0.3) is 5.91 Å². The standard InChI is InChI=1S/C26H28N2O4S/c29-26(24-10-5-11-25(15-24)33(30,31)28-17-20-12-13-20)27-16-22-8-4-9-23(14-22)19-32-18-21-6-2-1-3-7-21/h1-11,14-15,20,28H,12-13,16-19H2,(H,27,29). The van der Waals surface area contributed by atoms with Gasteiger partial charge < -0.3 is 10.1 Å². The van der Waals surface area contributed by atoms with Crippen molar-refractivity contribution in [3.8, 4) is 0 Å². The molecule has 6 nitrogen and oxygen atoms in total. The number of carbonyl (C=O) groups is 1. The molecule has 172 valence electrons. The third kappa shape index (κ3) is 6.99. The van der Waals surface area contributed by atoms with Gasteiger partial charge in [-0.3, -0.25) is 4.79 Å². The van der Waals surface area contributed by atoms with Crippen LogP contribution in [0.3, 0.4) is 0 Å². The second-order valence-electron chi connectivity index (χ2n) is 8.30. The van der Waals surface area contributed by atoms with Gasteiger partial charge in [0.05, 0.1) is 18.1 Å². The van der Waals surface area contributed by atoms with Crippen molar-refractivity contribution >= 4 is 15.9 Å². The topological polar surface area (TPSA) is 84.5 Å². The van der Waals surface area contributed by atoms with E-state index in [0.717, 1.165) is 29.5 Å². The van der Waals surface area contributed by atoms with Crippen molar-refractivity contribution in [2.24, 2.45) is 5.92 Å². The first kappa shape index (κ1) is 23.2. The van der Waals surface area contributed by atoms with Crippen LogP contribution in [0, 0.1) is 5.92 Å². The van der Waals surface area contributed by atoms with E-state index in [1.54, 1.807) is 12.1 Å². The van der Waals surface area contributed by atoms with E-state index in [-0.39, 0.29) is 10.8 Å². The minimum atomic E-state index is -3.62. The van der Waals surface area contributed by atoms with Gasteiger partial charge in [0, 0.05) is 18.7 Å². The minimum Gasteiger partial charge on any atom is -0.372 e. The fourth-order valence-electron chi connectivity index (χ4n) is 3.41. The highest BCUT2D eigenvalue weighted by Crippen LogP contribution is 2.28. The molecular formula is C26H28N2O4S. The van der Waals surface area contributed by atoms with Gasteiger partial charge in [-0.05, 0) is 53.6 Å². The SMILES string of the molecule is O=C(NCc1cccc(COCc2ccccc2)c1)c1cccc(S(=O)(=O)NCC2CC2)c1. The van der Waals surface area contributed by atoms with E-state index in [1.165, 1.54) is 12.1 Å². The van der Waals surface area contributed by atoms with Crippen LogP contribution < -0.4 is 10.0 Å². The van der Waals surface area contributed by atoms with Crippen molar-refractivity contribution in [1.29, 1.82) is 0 Å². The van der Waals surface area contributed by atoms with Crippen LogP contribution in [-0.4, -0.2) is 20.9 Å². The molecule has 4 rings (SSSR count). The smallest absolute Gasteiger partial charge is 0.251 e. The average Bonchev–Trinajstić information content (AvgIpc) is 3.67. The summed E-state index contributed by atoms with van der Waals surface area (Å²) in [5.74, 6) is 0.116. The third-order valence-corrected chi connectivity index (χ3v) is 6.91. The zero-order chi connectivity index (χ0) is 23.1. The van der Waals surface area contributed by atoms with Gasteiger partial charge in [0.15, 0.2) is 0 Å². The Bertz CT molecular complexity index is 1190. The average molecular weight is 465 g/mol. The highest BCUT2D eigenvalue weighted by molar-refractivity contribution is 7.89. The molecule has 1 aliphatic rings. The van der Waals surface area contributed by atoms with Crippen LogP contribution >= 0.6 is 0 Å². The number of benzene rings is 3. The number of hydrogen-bond acceptors (Lipinski definition) is 4. The van der Waals surface area contributed by atoms with Gasteiger partial charge in [0.1, 0.15) is 0 Å². The molecule has 0 atom stereocenters. The maximum Gasteiger partial charge on any atom is 0.251 e. The van der Waals surface area contributed by atoms with Gasteiger partial charge in [-0.15, -0.1) is 0 Å². The molecule has 7 heteroatoms. The van der Waals surface area contributed by atoms with Crippen LogP contribution in [0.25, 0.3) is 0 Å². The highest BCUT2D eigenvalue weighted by Gasteiger charge is 2.24. The number of rotatable bonds is 11. The minimum absolute atomic E-state index is 0.105. The van der Waals surface area contributed by atoms with Crippen molar-refractivity contribution in [3.05, 3.63) is 101 Å². The molecule has 0 radical (unpaired) electrons. The van der Waals surface area contributed by atoms with Crippen LogP contribution in [0.1, 0.15) is 39.9 Å². The Morgan fingerprint density at radius 3 is 2.33 bits per heavy atom. The molecule has 0 unspecified atom stereocenters. The first-order valence-corrected chi connectivity index (χ1v) is 12.6. The molecule has 0 heterocycles. The van der Waals surface area contributed by atoms with Crippen molar-refractivity contribution in [3.63, 3.8) is 0 Å². The Morgan fingerprint density at radius 1 is 0.848 bits per heavy atom. The summed E-state index contributed by atoms with van der Waals surface area (Å²) in [4.78, 5) is 12.7. The van der Waals surface area contributed by atoms with Gasteiger partial charge in [-0.2, -0.15) is 0 Å². The molecular weight excluding hydrogens is 436 g/mol. The van der Waals surface area contributed by atoms with E-state index in [1.807, 2.05) is 54.6 Å². The Labute approximate surface area is 195 Å². The quantitative estimate of drug-likeness (QED) is 0.449. The summed E-state index contributed by atoms with van der Waals surface area (Å²) < 4.78 is 33.4. The molecule has 2 N–H and O–H groups in total. The Kier molecular flexibility index (Phi) is 7.54. The van der Waals surface area contributed by atoms with E-state index in [2.05, 4.69) is 10.0 Å². The Morgan fingerprint density at radius 2 is 1.55 bits per heavy atom. The number of hydrogen-bond donors (Lipinski definition) is 2. The maximum atomic E-state index is 12.6. The second-order valence-corrected chi connectivity index (χ2v) is 10.1. The molecule has 3 aromatic carbocycles. The zero-order valence-corrected chi connectivity index (χ0v) is 19.2. The van der Waals surface area contributed by atoms with Crippen molar-refractivity contribution < 1.29 is 17.9 Å². The van der Waals surface area contributed by atoms with E-state index in [9.17, 15) is 13.2 Å². The molecule has 33 heavy (non-hydrogen) atoms. The lowest BCUT2D eigenvalue weighted by Crippen LogP contribution is -2.27. The summed E-state index contributed by atoms with van der Waals surface area (Å²) in [5.41, 5.74) is 3.39. The first-order valence-electron chi connectivity index (χ1n) is 11.1. The molecule has 1 amide bonds. The largest absolute Gasteiger partial charge is 0.372 e. The van der Waals surface area contributed by atoms with E-state index in [4.69, 9.17) is 4.74 Å². The molecule has 1 fully saturated rings. The van der Waals surface area contributed by atoms with Crippen molar-refractivity contribution in [2.45, 2.75) is 37.5 Å². The number of amides is 1. The molecule has 0 aliphatic heterocycles. The van der Waals surface area contributed by atoms with Crippen LogP contribution in [0.4, 0.5) is 0 Å². The van der Waals surface area contributed by atoms with Crippen molar-refractivity contribution in [2.75, 3.05) is 6.54 Å². The fraction of sp³-hybridized carbons (Fsp3) is 0.269. The lowest BCUT2D eigenvalue weighted by atomic mass is 10.1. The molecule has 0 saturated heterocycles. The lowest BCUT2D eigenvalue weighted by Gasteiger charge is -2.10. The van der Waals surface area contributed by atoms with Gasteiger partial charge in [-0.25, -0.2) is 13.1 Å². The normalized spacial score (nSPS) is 13.6. The van der Waals surface area contributed by atoms with Crippen LogP contribution in [0.15, 0.2) is 83.8 Å². The molecule has 0 spiro atoms. The van der Waals surface area contributed by atoms with E-state index in [0.29, 0.717) is 37.8 Å². The Hall–Kier alpha value is -3.00. The monoisotopic (exact) mass is 464 g/mol. The second kappa shape index (κ2) is 10.7. The summed E-state index contributed by atoms with van der Waals surface area (Å²) in [7, 11) is -3.62. The molecule has 3 aromatic rings. The summed E-state index contributed by atoms with van der Waals surface area (Å²) in [6, 6.07) is 24.0. The highest BCUT2D eigenvalue weighted by atomic mass is 32.2. The third-order valence-electron chi connectivity index (χ3n) is 5.49. The van der Waals surface area contributed by atoms with E-state index < -0.39 is 10.0 Å². The first-order chi connectivity index (χ1) is 16.0. The predicted molar refractivity (Wildman–Crippen MR) is 127 cm³/mol. The van der Waals surface area contributed by atoms with Gasteiger partial charge >= 0.3 is 0 Å². The van der Waals surface area contributed by atoms with E-state index >= 15 is 0 Å². The number of ether oxygens (including phenoxy) is 1. The number of sulfonamides is 1. The summed E-state index contributed by atoms with van der Waals surface area (Å²) in [5, 5.41) is 2.87. The maximum absolute atomic E-state index is 12.6. The summed E-state index contributed by atoms with van der Waals surface area (Å²) in [6.45, 7) is 1.80. The molecule has 1 aliphatic carbocycles. The zero-order valence-electron chi connectivity index (χ0n) is 18.4. The van der Waals surface area contributed by atoms with Crippen LogP contribution in [0.2, 0.25) is 0 Å². The number of carbonyl (C=O) groups excluding carboxylic acids is 1. The van der Waals surface area contributed by atoms with Crippen molar-refractivity contribution in [1.82, 2.24) is 10.0 Å². The predicted octanol–water partition coefficient (Wildman–Crippen LogP) is 4.02. The molecule has 0 aromatic heterocycles. The number of nitrogens with one attached hydrogen (secondary N) is 2. The van der Waals surface area contributed by atoms with Gasteiger partial charge in [0.2, 0.25) is 10.0 Å². The Balaban J connectivity index is 1.30. The van der Waals surface area contributed by atoms with Crippen LogP contribution in [0.5, 0.6) is 0 Å². The summed E-state index contributed by atoms with van der Waals surface area (Å²) in [6.07, 6.45) is 2.12. The lowest BCUT2D eigenvalue weighted by molar-refractivity contribution is 0.0950. The van der Waals surface area contributed by atoms with Crippen LogP contribution in [-0.2, 0) is 34.5 Å². The summed E-state index contributed by atoms with van der Waals surface area (Å²) >= 11 is 0. The van der Waals surface area contributed by atoms with Gasteiger partial charge in [-0.1, -0.05) is 60.7 Å². The molecule has 0 bridgehead atoms. The fourth-order valence-corrected chi connectivity index (χ4v) is 4.57.